The van der Waals surface area contributed by atoms with E-state index >= 15 is 0 Å². The van der Waals surface area contributed by atoms with Crippen LogP contribution >= 0.6 is 0 Å². The Morgan fingerprint density at radius 3 is 1.40 bits per heavy atom. The zero-order valence-corrected chi connectivity index (χ0v) is 24.8. The van der Waals surface area contributed by atoms with Crippen LogP contribution in [0.15, 0.2) is 121 Å². The molecule has 0 amide bonds. The summed E-state index contributed by atoms with van der Waals surface area (Å²) in [6, 6.07) is 41.5. The second-order valence-corrected chi connectivity index (χ2v) is 12.0. The summed E-state index contributed by atoms with van der Waals surface area (Å²) in [7, 11) is -0.373. The average molecular weight is 561 g/mol. The van der Waals surface area contributed by atoms with E-state index in [0.717, 1.165) is 38.7 Å². The first-order valence-electron chi connectivity index (χ1n) is 14.6. The lowest BCUT2D eigenvalue weighted by atomic mass is 9.78. The summed E-state index contributed by atoms with van der Waals surface area (Å²) >= 11 is 0. The van der Waals surface area contributed by atoms with Gasteiger partial charge >= 0.3 is 7.12 Å². The predicted octanol–water partition coefficient (Wildman–Crippen LogP) is 7.99. The second-order valence-electron chi connectivity index (χ2n) is 12.0. The van der Waals surface area contributed by atoms with E-state index in [0.29, 0.717) is 17.5 Å². The second kappa shape index (κ2) is 10.6. The molecule has 6 heteroatoms. The normalized spacial score (nSPS) is 15.6. The van der Waals surface area contributed by atoms with Crippen LogP contribution in [0.5, 0.6) is 0 Å². The van der Waals surface area contributed by atoms with Crippen LogP contribution in [0.3, 0.4) is 0 Å². The molecule has 0 spiro atoms. The van der Waals surface area contributed by atoms with Crippen LogP contribution in [-0.2, 0) is 9.31 Å². The molecule has 43 heavy (non-hydrogen) atoms. The van der Waals surface area contributed by atoms with Crippen molar-refractivity contribution >= 4 is 23.4 Å². The average Bonchev–Trinajstić information content (AvgIpc) is 3.27. The van der Waals surface area contributed by atoms with Gasteiger partial charge in [-0.05, 0) is 61.1 Å². The lowest BCUT2D eigenvalue weighted by Gasteiger charge is -2.32. The van der Waals surface area contributed by atoms with Crippen molar-refractivity contribution in [2.45, 2.75) is 38.9 Å². The van der Waals surface area contributed by atoms with Crippen LogP contribution in [0.1, 0.15) is 27.7 Å². The minimum absolute atomic E-state index is 0.365. The molecule has 210 valence electrons. The summed E-state index contributed by atoms with van der Waals surface area (Å²) in [5, 5.41) is 2.32. The Balaban J connectivity index is 1.19. The summed E-state index contributed by atoms with van der Waals surface area (Å²) in [5.74, 6) is 1.96. The Morgan fingerprint density at radius 2 is 0.860 bits per heavy atom. The van der Waals surface area contributed by atoms with Gasteiger partial charge in [-0.2, -0.15) is 0 Å². The van der Waals surface area contributed by atoms with E-state index in [1.807, 2.05) is 60.7 Å². The van der Waals surface area contributed by atoms with Gasteiger partial charge in [0.2, 0.25) is 0 Å². The quantitative estimate of drug-likeness (QED) is 0.200. The van der Waals surface area contributed by atoms with Gasteiger partial charge in [-0.25, -0.2) is 15.0 Å². The number of nitrogens with zero attached hydrogens (tertiary/aromatic N) is 3. The van der Waals surface area contributed by atoms with E-state index in [1.54, 1.807) is 0 Å². The first-order chi connectivity index (χ1) is 20.8. The number of hydrogen-bond acceptors (Lipinski definition) is 5. The van der Waals surface area contributed by atoms with Gasteiger partial charge in [-0.1, -0.05) is 115 Å². The molecule has 1 aromatic heterocycles. The fraction of sp³-hybridized carbons (Fsp3) is 0.162. The van der Waals surface area contributed by atoms with Crippen molar-refractivity contribution in [1.82, 2.24) is 15.0 Å². The molecular weight excluding hydrogens is 529 g/mol. The predicted molar refractivity (Wildman–Crippen MR) is 175 cm³/mol. The van der Waals surface area contributed by atoms with Crippen LogP contribution < -0.4 is 5.46 Å². The van der Waals surface area contributed by atoms with Crippen molar-refractivity contribution in [2.24, 2.45) is 0 Å². The maximum absolute atomic E-state index is 6.27. The van der Waals surface area contributed by atoms with Crippen molar-refractivity contribution in [3.05, 3.63) is 121 Å². The number of benzene rings is 5. The Morgan fingerprint density at radius 1 is 0.442 bits per heavy atom. The van der Waals surface area contributed by atoms with E-state index < -0.39 is 0 Å². The maximum Gasteiger partial charge on any atom is 0.494 e. The van der Waals surface area contributed by atoms with Crippen LogP contribution in [0.2, 0.25) is 0 Å². The number of hydrogen-bond donors (Lipinski definition) is 0. The van der Waals surface area contributed by atoms with E-state index in [-0.39, 0.29) is 18.3 Å². The lowest BCUT2D eigenvalue weighted by Crippen LogP contribution is -2.41. The highest BCUT2D eigenvalue weighted by Crippen LogP contribution is 2.37. The van der Waals surface area contributed by atoms with Gasteiger partial charge in [0, 0.05) is 16.7 Å². The van der Waals surface area contributed by atoms with Crippen molar-refractivity contribution in [2.75, 3.05) is 0 Å². The summed E-state index contributed by atoms with van der Waals surface area (Å²) in [4.78, 5) is 14.5. The minimum Gasteiger partial charge on any atom is -0.399 e. The molecule has 5 aromatic carbocycles. The summed E-state index contributed by atoms with van der Waals surface area (Å²) in [6.45, 7) is 8.32. The zero-order chi connectivity index (χ0) is 29.6. The molecule has 1 aliphatic rings. The van der Waals surface area contributed by atoms with Crippen LogP contribution in [-0.4, -0.2) is 33.3 Å². The molecule has 5 nitrogen and oxygen atoms in total. The number of rotatable bonds is 5. The van der Waals surface area contributed by atoms with Gasteiger partial charge in [0.15, 0.2) is 17.5 Å². The lowest BCUT2D eigenvalue weighted by molar-refractivity contribution is 0.00578. The van der Waals surface area contributed by atoms with Crippen molar-refractivity contribution in [3.63, 3.8) is 0 Å². The SMILES string of the molecule is CC1(C)OB(c2ccc3cc(-c4ccc(-c5nc(-c6ccccc6)nc(-c6ccccc6)n5)cc4)ccc3c2)OC1(C)C. The highest BCUT2D eigenvalue weighted by atomic mass is 16.7. The summed E-state index contributed by atoms with van der Waals surface area (Å²) in [6.07, 6.45) is 0. The Bertz CT molecular complexity index is 1850. The van der Waals surface area contributed by atoms with E-state index in [9.17, 15) is 0 Å². The maximum atomic E-state index is 6.27. The van der Waals surface area contributed by atoms with E-state index in [2.05, 4.69) is 88.4 Å². The fourth-order valence-electron chi connectivity index (χ4n) is 5.32. The molecule has 7 rings (SSSR count). The topological polar surface area (TPSA) is 57.1 Å². The van der Waals surface area contributed by atoms with Crippen molar-refractivity contribution in [1.29, 1.82) is 0 Å². The molecule has 6 aromatic rings. The van der Waals surface area contributed by atoms with Gasteiger partial charge in [0.1, 0.15) is 0 Å². The van der Waals surface area contributed by atoms with Crippen LogP contribution in [0, 0.1) is 0 Å². The van der Waals surface area contributed by atoms with Crippen LogP contribution in [0.25, 0.3) is 56.1 Å². The van der Waals surface area contributed by atoms with E-state index in [4.69, 9.17) is 24.3 Å². The number of fused-ring (bicyclic) bond motifs is 1. The van der Waals surface area contributed by atoms with Crippen molar-refractivity contribution < 1.29 is 9.31 Å². The molecule has 0 unspecified atom stereocenters. The van der Waals surface area contributed by atoms with Gasteiger partial charge in [-0.15, -0.1) is 0 Å². The smallest absolute Gasteiger partial charge is 0.399 e. The molecule has 0 aliphatic carbocycles. The zero-order valence-electron chi connectivity index (χ0n) is 24.8. The standard InChI is InChI=1S/C37H32BN3O2/c1-36(2)37(3,4)43-38(42-36)32-22-21-30-23-29(19-20-31(30)24-32)25-15-17-28(18-16-25)35-40-33(26-11-7-5-8-12-26)39-34(41-35)27-13-9-6-10-14-27/h5-24H,1-4H3. The Labute approximate surface area is 252 Å². The molecule has 0 bridgehead atoms. The first-order valence-corrected chi connectivity index (χ1v) is 14.6. The molecule has 0 N–H and O–H groups in total. The molecule has 0 radical (unpaired) electrons. The van der Waals surface area contributed by atoms with Gasteiger partial charge in [0.25, 0.3) is 0 Å². The molecule has 1 aliphatic heterocycles. The monoisotopic (exact) mass is 561 g/mol. The van der Waals surface area contributed by atoms with E-state index in [1.165, 1.54) is 5.39 Å². The minimum atomic E-state index is -0.373. The largest absolute Gasteiger partial charge is 0.494 e. The number of aromatic nitrogens is 3. The molecule has 2 heterocycles. The first kappa shape index (κ1) is 27.2. The Hall–Kier alpha value is -4.65. The Kier molecular flexibility index (Phi) is 6.68. The van der Waals surface area contributed by atoms with Gasteiger partial charge < -0.3 is 9.31 Å². The molecule has 0 atom stereocenters. The van der Waals surface area contributed by atoms with Crippen molar-refractivity contribution in [3.8, 4) is 45.3 Å². The highest BCUT2D eigenvalue weighted by Gasteiger charge is 2.51. The molecule has 1 fully saturated rings. The molecular formula is C37H32BN3O2. The third kappa shape index (κ3) is 5.24. The summed E-state index contributed by atoms with van der Waals surface area (Å²) in [5.41, 5.74) is 5.43. The fourth-order valence-corrected chi connectivity index (χ4v) is 5.32. The third-order valence-corrected chi connectivity index (χ3v) is 8.57. The summed E-state index contributed by atoms with van der Waals surface area (Å²) < 4.78 is 12.5. The molecule has 0 saturated carbocycles. The van der Waals surface area contributed by atoms with Crippen LogP contribution in [0.4, 0.5) is 0 Å². The highest BCUT2D eigenvalue weighted by molar-refractivity contribution is 6.62. The van der Waals surface area contributed by atoms with Gasteiger partial charge in [-0.3, -0.25) is 0 Å². The third-order valence-electron chi connectivity index (χ3n) is 8.57. The van der Waals surface area contributed by atoms with Gasteiger partial charge in [0.05, 0.1) is 11.2 Å². The molecule has 1 saturated heterocycles.